The van der Waals surface area contributed by atoms with E-state index in [1.807, 2.05) is 0 Å². The molecule has 0 aliphatic rings. The van der Waals surface area contributed by atoms with Crippen LogP contribution >= 0.6 is 11.8 Å². The summed E-state index contributed by atoms with van der Waals surface area (Å²) >= 11 is 1.29. The molecule has 0 atom stereocenters. The molecule has 0 saturated heterocycles. The Morgan fingerprint density at radius 3 is 2.60 bits per heavy atom. The second kappa shape index (κ2) is 7.59. The minimum absolute atomic E-state index is 0.0652. The van der Waals surface area contributed by atoms with Gasteiger partial charge in [0.05, 0.1) is 5.75 Å². The van der Waals surface area contributed by atoms with Crippen molar-refractivity contribution in [1.82, 2.24) is 15.3 Å². The highest BCUT2D eigenvalue weighted by Crippen LogP contribution is 2.09. The fraction of sp³-hybridized carbons (Fsp3) is 0.214. The number of rotatable bonds is 6. The second-order valence-corrected chi connectivity index (χ2v) is 4.99. The van der Waals surface area contributed by atoms with E-state index in [0.29, 0.717) is 18.1 Å². The number of thioether (sulfide) groups is 1. The minimum atomic E-state index is -0.253. The lowest BCUT2D eigenvalue weighted by Crippen LogP contribution is -2.27. The van der Waals surface area contributed by atoms with Gasteiger partial charge in [0.25, 0.3) is 0 Å². The van der Waals surface area contributed by atoms with E-state index in [9.17, 15) is 9.18 Å². The van der Waals surface area contributed by atoms with Crippen molar-refractivity contribution >= 4 is 17.7 Å². The molecule has 0 bridgehead atoms. The molecule has 0 aliphatic heterocycles. The maximum absolute atomic E-state index is 12.7. The summed E-state index contributed by atoms with van der Waals surface area (Å²) < 4.78 is 12.7. The summed E-state index contributed by atoms with van der Waals surface area (Å²) in [5.41, 5.74) is 0.991. The molecule has 1 amide bonds. The molecule has 104 valence electrons. The van der Waals surface area contributed by atoms with Gasteiger partial charge >= 0.3 is 0 Å². The van der Waals surface area contributed by atoms with Crippen molar-refractivity contribution in [1.29, 1.82) is 0 Å². The molecule has 0 radical (unpaired) electrons. The van der Waals surface area contributed by atoms with Crippen LogP contribution in [0.4, 0.5) is 4.39 Å². The van der Waals surface area contributed by atoms with Gasteiger partial charge in [-0.1, -0.05) is 23.9 Å². The van der Waals surface area contributed by atoms with E-state index in [0.717, 1.165) is 5.56 Å². The molecule has 2 aromatic rings. The number of amides is 1. The number of halogens is 1. The van der Waals surface area contributed by atoms with E-state index in [4.69, 9.17) is 0 Å². The van der Waals surface area contributed by atoms with Crippen LogP contribution in [0.25, 0.3) is 0 Å². The number of hydrogen-bond acceptors (Lipinski definition) is 4. The minimum Gasteiger partial charge on any atom is -0.355 e. The Bertz CT molecular complexity index is 548. The fourth-order valence-electron chi connectivity index (χ4n) is 1.54. The van der Waals surface area contributed by atoms with Gasteiger partial charge in [0.2, 0.25) is 5.91 Å². The quantitative estimate of drug-likeness (QED) is 0.654. The van der Waals surface area contributed by atoms with Gasteiger partial charge in [-0.05, 0) is 30.2 Å². The lowest BCUT2D eigenvalue weighted by Gasteiger charge is -2.05. The summed E-state index contributed by atoms with van der Waals surface area (Å²) in [6.07, 6.45) is 3.96. The van der Waals surface area contributed by atoms with Crippen molar-refractivity contribution in [3.63, 3.8) is 0 Å². The number of nitrogens with zero attached hydrogens (tertiary/aromatic N) is 2. The zero-order valence-electron chi connectivity index (χ0n) is 10.8. The molecule has 1 N–H and O–H groups in total. The number of nitrogens with one attached hydrogen (secondary N) is 1. The van der Waals surface area contributed by atoms with Gasteiger partial charge in [0.1, 0.15) is 5.82 Å². The first-order valence-electron chi connectivity index (χ1n) is 6.15. The molecule has 1 aromatic heterocycles. The number of benzene rings is 1. The van der Waals surface area contributed by atoms with E-state index >= 15 is 0 Å². The smallest absolute Gasteiger partial charge is 0.230 e. The average molecular weight is 291 g/mol. The monoisotopic (exact) mass is 291 g/mol. The van der Waals surface area contributed by atoms with Crippen LogP contribution in [-0.2, 0) is 11.2 Å². The van der Waals surface area contributed by atoms with E-state index in [-0.39, 0.29) is 17.5 Å². The van der Waals surface area contributed by atoms with Crippen molar-refractivity contribution < 1.29 is 9.18 Å². The van der Waals surface area contributed by atoms with Gasteiger partial charge in [0.15, 0.2) is 5.16 Å². The van der Waals surface area contributed by atoms with E-state index < -0.39 is 0 Å². The Kier molecular flexibility index (Phi) is 5.49. The number of hydrogen-bond donors (Lipinski definition) is 1. The van der Waals surface area contributed by atoms with Gasteiger partial charge in [-0.3, -0.25) is 4.79 Å². The van der Waals surface area contributed by atoms with E-state index in [2.05, 4.69) is 15.3 Å². The third-order valence-electron chi connectivity index (χ3n) is 2.52. The SMILES string of the molecule is O=C(CSc1ncccn1)NCCc1ccc(F)cc1. The topological polar surface area (TPSA) is 54.9 Å². The summed E-state index contributed by atoms with van der Waals surface area (Å²) in [6.45, 7) is 0.528. The van der Waals surface area contributed by atoms with Crippen LogP contribution < -0.4 is 5.32 Å². The molecule has 0 unspecified atom stereocenters. The molecule has 1 aromatic carbocycles. The van der Waals surface area contributed by atoms with Gasteiger partial charge in [-0.25, -0.2) is 14.4 Å². The molecule has 0 aliphatic carbocycles. The first kappa shape index (κ1) is 14.5. The average Bonchev–Trinajstić information content (AvgIpc) is 2.48. The zero-order valence-corrected chi connectivity index (χ0v) is 11.6. The molecule has 6 heteroatoms. The Balaban J connectivity index is 1.66. The van der Waals surface area contributed by atoms with Crippen LogP contribution in [0.1, 0.15) is 5.56 Å². The Morgan fingerprint density at radius 1 is 1.20 bits per heavy atom. The van der Waals surface area contributed by atoms with Crippen LogP contribution in [0.5, 0.6) is 0 Å². The van der Waals surface area contributed by atoms with Crippen LogP contribution in [0, 0.1) is 5.82 Å². The first-order valence-corrected chi connectivity index (χ1v) is 7.13. The Hall–Kier alpha value is -1.95. The number of aromatic nitrogens is 2. The van der Waals surface area contributed by atoms with Crippen LogP contribution in [0.3, 0.4) is 0 Å². The lowest BCUT2D eigenvalue weighted by molar-refractivity contribution is -0.118. The number of carbonyl (C=O) groups excluding carboxylic acids is 1. The van der Waals surface area contributed by atoms with Crippen molar-refractivity contribution in [3.8, 4) is 0 Å². The molecule has 0 saturated carbocycles. The van der Waals surface area contributed by atoms with E-state index in [1.54, 1.807) is 30.6 Å². The predicted octanol–water partition coefficient (Wildman–Crippen LogP) is 2.07. The molecule has 0 fully saturated rings. The summed E-state index contributed by atoms with van der Waals surface area (Å²) in [6, 6.07) is 7.99. The third kappa shape index (κ3) is 4.97. The molecule has 2 rings (SSSR count). The molecule has 0 spiro atoms. The Labute approximate surface area is 120 Å². The molecule has 1 heterocycles. The summed E-state index contributed by atoms with van der Waals surface area (Å²) in [4.78, 5) is 19.7. The second-order valence-electron chi connectivity index (χ2n) is 4.05. The van der Waals surface area contributed by atoms with Gasteiger partial charge in [-0.2, -0.15) is 0 Å². The maximum Gasteiger partial charge on any atom is 0.230 e. The molecule has 20 heavy (non-hydrogen) atoms. The third-order valence-corrected chi connectivity index (χ3v) is 3.40. The number of carbonyl (C=O) groups is 1. The summed E-state index contributed by atoms with van der Waals surface area (Å²) in [5.74, 6) is -0.0328. The summed E-state index contributed by atoms with van der Waals surface area (Å²) in [7, 11) is 0. The van der Waals surface area contributed by atoms with Gasteiger partial charge < -0.3 is 5.32 Å². The van der Waals surface area contributed by atoms with Crippen LogP contribution in [0.15, 0.2) is 47.9 Å². The predicted molar refractivity (Wildman–Crippen MR) is 75.9 cm³/mol. The van der Waals surface area contributed by atoms with Crippen LogP contribution in [0.2, 0.25) is 0 Å². The first-order chi connectivity index (χ1) is 9.74. The maximum atomic E-state index is 12.7. The van der Waals surface area contributed by atoms with Gasteiger partial charge in [-0.15, -0.1) is 0 Å². The highest BCUT2D eigenvalue weighted by molar-refractivity contribution is 7.99. The highest BCUT2D eigenvalue weighted by atomic mass is 32.2. The van der Waals surface area contributed by atoms with Crippen molar-refractivity contribution in [3.05, 3.63) is 54.1 Å². The van der Waals surface area contributed by atoms with Gasteiger partial charge in [0, 0.05) is 18.9 Å². The van der Waals surface area contributed by atoms with Crippen molar-refractivity contribution in [2.75, 3.05) is 12.3 Å². The standard InChI is InChI=1S/C14H14FN3OS/c15-12-4-2-11(3-5-12)6-9-16-13(19)10-20-14-17-7-1-8-18-14/h1-5,7-8H,6,9-10H2,(H,16,19). The summed E-state index contributed by atoms with van der Waals surface area (Å²) in [5, 5.41) is 3.39. The zero-order chi connectivity index (χ0) is 14.2. The van der Waals surface area contributed by atoms with Crippen molar-refractivity contribution in [2.45, 2.75) is 11.6 Å². The van der Waals surface area contributed by atoms with Crippen LogP contribution in [-0.4, -0.2) is 28.2 Å². The molecular weight excluding hydrogens is 277 g/mol. The Morgan fingerprint density at radius 2 is 1.90 bits per heavy atom. The lowest BCUT2D eigenvalue weighted by atomic mass is 10.1. The fourth-order valence-corrected chi connectivity index (χ4v) is 2.17. The normalized spacial score (nSPS) is 10.2. The highest BCUT2D eigenvalue weighted by Gasteiger charge is 2.04. The van der Waals surface area contributed by atoms with E-state index in [1.165, 1.54) is 23.9 Å². The molecular formula is C14H14FN3OS. The van der Waals surface area contributed by atoms with Crippen molar-refractivity contribution in [2.24, 2.45) is 0 Å². The largest absolute Gasteiger partial charge is 0.355 e. The molecule has 4 nitrogen and oxygen atoms in total.